The van der Waals surface area contributed by atoms with Gasteiger partial charge in [0, 0.05) is 18.7 Å². The second-order valence-electron chi connectivity index (χ2n) is 5.57. The van der Waals surface area contributed by atoms with E-state index < -0.39 is 4.92 Å². The number of nitro benzene ring substituents is 1. The molecule has 1 aliphatic rings. The summed E-state index contributed by atoms with van der Waals surface area (Å²) in [5.41, 5.74) is 3.87. The smallest absolute Gasteiger partial charge is 0.270 e. The summed E-state index contributed by atoms with van der Waals surface area (Å²) in [4.78, 5) is 32.9. The van der Waals surface area contributed by atoms with Gasteiger partial charge in [0.1, 0.15) is 5.82 Å². The van der Waals surface area contributed by atoms with Gasteiger partial charge in [0.15, 0.2) is 0 Å². The monoisotopic (exact) mass is 340 g/mol. The Morgan fingerprint density at radius 1 is 1.42 bits per heavy atom. The van der Waals surface area contributed by atoms with Crippen LogP contribution in [0.3, 0.4) is 0 Å². The molecule has 0 unspecified atom stereocenters. The van der Waals surface area contributed by atoms with Crippen LogP contribution in [0.5, 0.6) is 0 Å². The molecule has 120 valence electrons. The maximum Gasteiger partial charge on any atom is 0.270 e. The van der Waals surface area contributed by atoms with Gasteiger partial charge in [-0.15, -0.1) is 11.3 Å². The lowest BCUT2D eigenvalue weighted by Gasteiger charge is -2.05. The first-order valence-corrected chi connectivity index (χ1v) is 8.22. The molecule has 1 aliphatic heterocycles. The fraction of sp³-hybridized carbons (Fsp3) is 0.188. The van der Waals surface area contributed by atoms with Crippen LogP contribution in [-0.4, -0.2) is 19.5 Å². The Labute approximate surface area is 140 Å². The summed E-state index contributed by atoms with van der Waals surface area (Å²) in [6, 6.07) is 4.20. The van der Waals surface area contributed by atoms with Crippen molar-refractivity contribution in [2.24, 2.45) is 0 Å². The van der Waals surface area contributed by atoms with Crippen molar-refractivity contribution in [3.8, 4) is 0 Å². The predicted molar refractivity (Wildman–Crippen MR) is 92.0 cm³/mol. The minimum atomic E-state index is -0.505. The van der Waals surface area contributed by atoms with Gasteiger partial charge in [-0.05, 0) is 31.1 Å². The van der Waals surface area contributed by atoms with Crippen molar-refractivity contribution >= 4 is 39.6 Å². The lowest BCUT2D eigenvalue weighted by atomic mass is 10.1. The van der Waals surface area contributed by atoms with E-state index in [-0.39, 0.29) is 16.6 Å². The third kappa shape index (κ3) is 2.23. The van der Waals surface area contributed by atoms with Gasteiger partial charge in [-0.1, -0.05) is 0 Å². The highest BCUT2D eigenvalue weighted by molar-refractivity contribution is 7.10. The van der Waals surface area contributed by atoms with Crippen LogP contribution < -0.4 is 5.56 Å². The highest BCUT2D eigenvalue weighted by atomic mass is 32.1. The molecule has 0 fully saturated rings. The van der Waals surface area contributed by atoms with E-state index in [0.29, 0.717) is 24.3 Å². The topological polar surface area (TPSA) is 90.9 Å². The van der Waals surface area contributed by atoms with Crippen molar-refractivity contribution in [1.29, 1.82) is 0 Å². The van der Waals surface area contributed by atoms with Gasteiger partial charge in [-0.2, -0.15) is 0 Å². The van der Waals surface area contributed by atoms with Gasteiger partial charge in [0.05, 0.1) is 31.9 Å². The lowest BCUT2D eigenvalue weighted by Crippen LogP contribution is -2.20. The molecule has 4 rings (SSSR count). The van der Waals surface area contributed by atoms with E-state index in [0.717, 1.165) is 16.1 Å². The second-order valence-corrected chi connectivity index (χ2v) is 6.46. The van der Waals surface area contributed by atoms with Crippen LogP contribution in [0.2, 0.25) is 0 Å². The van der Waals surface area contributed by atoms with Crippen LogP contribution in [0.25, 0.3) is 22.6 Å². The van der Waals surface area contributed by atoms with Gasteiger partial charge < -0.3 is 0 Å². The van der Waals surface area contributed by atoms with Crippen LogP contribution in [-0.2, 0) is 6.54 Å². The number of fused-ring (bicyclic) bond motifs is 2. The highest BCUT2D eigenvalue weighted by Crippen LogP contribution is 2.29. The second kappa shape index (κ2) is 5.34. The Bertz CT molecular complexity index is 1080. The van der Waals surface area contributed by atoms with Crippen molar-refractivity contribution in [1.82, 2.24) is 14.5 Å². The summed E-state index contributed by atoms with van der Waals surface area (Å²) in [5, 5.41) is 11.2. The zero-order valence-electron chi connectivity index (χ0n) is 12.7. The van der Waals surface area contributed by atoms with E-state index in [2.05, 4.69) is 9.97 Å². The van der Waals surface area contributed by atoms with E-state index in [1.165, 1.54) is 18.2 Å². The number of thiazole rings is 1. The summed E-state index contributed by atoms with van der Waals surface area (Å²) in [5.74, 6) is 0.633. The first-order chi connectivity index (χ1) is 11.5. The third-order valence-electron chi connectivity index (χ3n) is 4.13. The number of hydrogen-bond acceptors (Lipinski definition) is 6. The first kappa shape index (κ1) is 14.7. The van der Waals surface area contributed by atoms with Crippen LogP contribution >= 0.6 is 11.3 Å². The maximum atomic E-state index is 12.7. The molecule has 2 aromatic heterocycles. The van der Waals surface area contributed by atoms with Crippen molar-refractivity contribution in [3.05, 3.63) is 60.6 Å². The summed E-state index contributed by atoms with van der Waals surface area (Å²) in [6.45, 7) is 2.47. The average molecular weight is 340 g/mol. The number of allylic oxidation sites excluding steroid dienone is 1. The number of rotatable bonds is 2. The quantitative estimate of drug-likeness (QED) is 0.528. The lowest BCUT2D eigenvalue weighted by molar-refractivity contribution is -0.384. The van der Waals surface area contributed by atoms with Crippen molar-refractivity contribution in [2.75, 3.05) is 0 Å². The first-order valence-electron chi connectivity index (χ1n) is 7.34. The van der Waals surface area contributed by atoms with Crippen molar-refractivity contribution in [2.45, 2.75) is 19.9 Å². The van der Waals surface area contributed by atoms with Gasteiger partial charge in [-0.3, -0.25) is 19.5 Å². The predicted octanol–water partition coefficient (Wildman–Crippen LogP) is 3.01. The molecule has 1 aromatic carbocycles. The van der Waals surface area contributed by atoms with Crippen molar-refractivity contribution in [3.63, 3.8) is 0 Å². The molecule has 24 heavy (non-hydrogen) atoms. The SMILES string of the molecule is Cc1ncsc1/C=C1/CCn2c1nc1ccc([N+](=O)[O-])cc1c2=O. The zero-order chi connectivity index (χ0) is 16.8. The number of nitrogens with zero attached hydrogens (tertiary/aromatic N) is 4. The van der Waals surface area contributed by atoms with E-state index in [4.69, 9.17) is 0 Å². The van der Waals surface area contributed by atoms with Crippen LogP contribution in [0.15, 0.2) is 28.5 Å². The largest absolute Gasteiger partial charge is 0.292 e. The minimum Gasteiger partial charge on any atom is -0.292 e. The Kier molecular flexibility index (Phi) is 3.27. The molecule has 3 aromatic rings. The van der Waals surface area contributed by atoms with Gasteiger partial charge in [0.2, 0.25) is 0 Å². The zero-order valence-corrected chi connectivity index (χ0v) is 13.5. The van der Waals surface area contributed by atoms with Gasteiger partial charge >= 0.3 is 0 Å². The van der Waals surface area contributed by atoms with E-state index in [1.807, 2.05) is 13.0 Å². The van der Waals surface area contributed by atoms with Gasteiger partial charge in [-0.25, -0.2) is 9.97 Å². The molecule has 0 saturated carbocycles. The van der Waals surface area contributed by atoms with E-state index >= 15 is 0 Å². The maximum absolute atomic E-state index is 12.7. The molecular weight excluding hydrogens is 328 g/mol. The third-order valence-corrected chi connectivity index (χ3v) is 5.01. The van der Waals surface area contributed by atoms with Crippen LogP contribution in [0.1, 0.15) is 22.8 Å². The molecule has 0 amide bonds. The van der Waals surface area contributed by atoms with Crippen molar-refractivity contribution < 1.29 is 4.92 Å². The molecule has 0 saturated heterocycles. The minimum absolute atomic E-state index is 0.101. The Hall–Kier alpha value is -2.87. The highest BCUT2D eigenvalue weighted by Gasteiger charge is 2.22. The molecule has 7 nitrogen and oxygen atoms in total. The Morgan fingerprint density at radius 2 is 2.25 bits per heavy atom. The standard InChI is InChI=1S/C16H12N4O3S/c1-9-14(24-8-17-9)6-10-4-5-19-15(10)18-13-3-2-11(20(22)23)7-12(13)16(19)21/h2-3,6-8H,4-5H2,1H3/b10-6-. The molecular formula is C16H12N4O3S. The fourth-order valence-electron chi connectivity index (χ4n) is 2.86. The summed E-state index contributed by atoms with van der Waals surface area (Å²) >= 11 is 1.55. The molecule has 0 spiro atoms. The molecule has 3 heterocycles. The summed E-state index contributed by atoms with van der Waals surface area (Å²) in [7, 11) is 0. The number of aryl methyl sites for hydroxylation is 1. The average Bonchev–Trinajstić information content (AvgIpc) is 3.15. The molecule has 0 bridgehead atoms. The fourth-order valence-corrected chi connectivity index (χ4v) is 3.62. The number of aromatic nitrogens is 3. The number of non-ortho nitro benzene ring substituents is 1. The molecule has 0 radical (unpaired) electrons. The molecule has 0 atom stereocenters. The molecule has 0 aliphatic carbocycles. The van der Waals surface area contributed by atoms with Crippen LogP contribution in [0, 0.1) is 17.0 Å². The van der Waals surface area contributed by atoms with E-state index in [9.17, 15) is 14.9 Å². The normalized spacial score (nSPS) is 15.1. The van der Waals surface area contributed by atoms with Crippen LogP contribution in [0.4, 0.5) is 5.69 Å². The number of nitro groups is 1. The Balaban J connectivity index is 1.91. The number of hydrogen-bond donors (Lipinski definition) is 0. The Morgan fingerprint density at radius 3 is 2.96 bits per heavy atom. The summed E-state index contributed by atoms with van der Waals surface area (Å²) in [6.07, 6.45) is 2.73. The molecule has 8 heteroatoms. The van der Waals surface area contributed by atoms with Gasteiger partial charge in [0.25, 0.3) is 11.2 Å². The molecule has 0 N–H and O–H groups in total. The summed E-state index contributed by atoms with van der Waals surface area (Å²) < 4.78 is 1.59. The number of benzene rings is 1. The van der Waals surface area contributed by atoms with E-state index in [1.54, 1.807) is 21.4 Å².